The van der Waals surface area contributed by atoms with E-state index in [1.165, 1.54) is 23.0 Å². The molecule has 0 bridgehead atoms. The van der Waals surface area contributed by atoms with Crippen molar-refractivity contribution in [2.24, 2.45) is 0 Å². The summed E-state index contributed by atoms with van der Waals surface area (Å²) >= 11 is 0. The van der Waals surface area contributed by atoms with Gasteiger partial charge in [0, 0.05) is 11.3 Å². The summed E-state index contributed by atoms with van der Waals surface area (Å²) in [6, 6.07) is 6.95. The number of halogens is 4. The second-order valence-corrected chi connectivity index (χ2v) is 7.15. The number of hydrogen-bond donors (Lipinski definition) is 4. The lowest BCUT2D eigenvalue weighted by molar-refractivity contribution is -0.137. The average molecular weight is 470 g/mol. The van der Waals surface area contributed by atoms with Crippen LogP contribution >= 0.6 is 0 Å². The minimum Gasteiger partial charge on any atom is -0.392 e. The highest BCUT2D eigenvalue weighted by atomic mass is 19.4. The van der Waals surface area contributed by atoms with Gasteiger partial charge in [-0.1, -0.05) is 12.1 Å². The predicted octanol–water partition coefficient (Wildman–Crippen LogP) is 3.07. The summed E-state index contributed by atoms with van der Waals surface area (Å²) in [5.41, 5.74) is 6.55. The number of fused-ring (bicyclic) bond motifs is 1. The lowest BCUT2D eigenvalue weighted by Gasteiger charge is -2.12. The number of rotatable bonds is 4. The molecule has 0 fully saturated rings. The number of carbonyl (C=O) groups excluding carboxylic acids is 1. The molecule has 172 valence electrons. The summed E-state index contributed by atoms with van der Waals surface area (Å²) in [6.45, 7) is -0.394. The molecule has 34 heavy (non-hydrogen) atoms. The summed E-state index contributed by atoms with van der Waals surface area (Å²) in [7, 11) is 6.07. The molecule has 0 unspecified atom stereocenters. The van der Waals surface area contributed by atoms with E-state index in [1.54, 1.807) is 12.1 Å². The van der Waals surface area contributed by atoms with Crippen LogP contribution in [0.5, 0.6) is 0 Å². The maximum Gasteiger partial charge on any atom is 0.416 e. The van der Waals surface area contributed by atoms with Gasteiger partial charge in [0.15, 0.2) is 5.82 Å². The van der Waals surface area contributed by atoms with Gasteiger partial charge in [-0.15, -0.1) is 0 Å². The van der Waals surface area contributed by atoms with Crippen molar-refractivity contribution >= 4 is 42.2 Å². The van der Waals surface area contributed by atoms with Gasteiger partial charge in [0.25, 0.3) is 0 Å². The first-order valence-corrected chi connectivity index (χ1v) is 9.65. The molecule has 0 spiro atoms. The minimum atomic E-state index is -4.69. The number of alkyl halides is 3. The van der Waals surface area contributed by atoms with Crippen molar-refractivity contribution in [3.05, 3.63) is 65.7 Å². The van der Waals surface area contributed by atoms with E-state index in [2.05, 4.69) is 20.7 Å². The zero-order chi connectivity index (χ0) is 24.6. The molecule has 4 rings (SSSR count). The molecule has 0 aliphatic carbocycles. The zero-order valence-corrected chi connectivity index (χ0v) is 17.2. The number of hydrogen-bond acceptors (Lipinski definition) is 5. The number of nitrogen functional groups attached to an aromatic ring is 1. The Morgan fingerprint density at radius 3 is 2.50 bits per heavy atom. The van der Waals surface area contributed by atoms with Crippen molar-refractivity contribution in [1.29, 1.82) is 0 Å². The highest BCUT2D eigenvalue weighted by Crippen LogP contribution is 2.33. The highest BCUT2D eigenvalue weighted by Gasteiger charge is 2.31. The molecule has 0 atom stereocenters. The Balaban J connectivity index is 1.58. The number of nitrogens with zero attached hydrogens (tertiary/aromatic N) is 3. The number of urea groups is 1. The van der Waals surface area contributed by atoms with Gasteiger partial charge in [-0.3, -0.25) is 0 Å². The zero-order valence-electron chi connectivity index (χ0n) is 17.2. The van der Waals surface area contributed by atoms with Gasteiger partial charge in [0.05, 0.1) is 17.9 Å². The lowest BCUT2D eigenvalue weighted by Crippen LogP contribution is -2.20. The molecule has 2 heterocycles. The van der Waals surface area contributed by atoms with Crippen molar-refractivity contribution in [3.8, 4) is 11.1 Å². The fourth-order valence-corrected chi connectivity index (χ4v) is 3.46. The van der Waals surface area contributed by atoms with E-state index in [0.29, 0.717) is 40.4 Å². The van der Waals surface area contributed by atoms with Gasteiger partial charge in [-0.05, 0) is 47.1 Å². The molecule has 0 saturated heterocycles. The molecule has 2 aromatic carbocycles. The SMILES string of the molecule is [B]c1c(CO)c(-c2ccc(NC(=O)Nc3cc(C(F)(F)F)ccc3F)cc2)c2c(N)ncnn12. The van der Waals surface area contributed by atoms with Gasteiger partial charge in [-0.25, -0.2) is 18.7 Å². The monoisotopic (exact) mass is 470 g/mol. The van der Waals surface area contributed by atoms with Crippen molar-refractivity contribution in [1.82, 2.24) is 14.6 Å². The van der Waals surface area contributed by atoms with Crippen LogP contribution in [-0.4, -0.2) is 33.6 Å². The first-order valence-electron chi connectivity index (χ1n) is 9.65. The maximum absolute atomic E-state index is 13.9. The Morgan fingerprint density at radius 1 is 1.15 bits per heavy atom. The van der Waals surface area contributed by atoms with Gasteiger partial charge >= 0.3 is 12.2 Å². The third-order valence-corrected chi connectivity index (χ3v) is 5.03. The molecule has 8 nitrogen and oxygen atoms in total. The van der Waals surface area contributed by atoms with Crippen LogP contribution in [0.15, 0.2) is 48.8 Å². The highest BCUT2D eigenvalue weighted by molar-refractivity contribution is 6.33. The molecule has 0 aliphatic rings. The fraction of sp³-hybridized carbons (Fsp3) is 0.0952. The molecule has 2 aromatic heterocycles. The smallest absolute Gasteiger partial charge is 0.392 e. The number of benzene rings is 2. The number of carbonyl (C=O) groups is 1. The quantitative estimate of drug-likeness (QED) is 0.270. The van der Waals surface area contributed by atoms with Crippen molar-refractivity contribution in [2.75, 3.05) is 16.4 Å². The van der Waals surface area contributed by atoms with Gasteiger partial charge < -0.3 is 21.5 Å². The van der Waals surface area contributed by atoms with Crippen LogP contribution in [0, 0.1) is 5.82 Å². The molecule has 2 radical (unpaired) electrons. The number of aromatic nitrogens is 3. The second kappa shape index (κ2) is 8.67. The summed E-state index contributed by atoms with van der Waals surface area (Å²) in [6.07, 6.45) is -3.46. The second-order valence-electron chi connectivity index (χ2n) is 7.15. The van der Waals surface area contributed by atoms with Crippen molar-refractivity contribution < 1.29 is 27.5 Å². The maximum atomic E-state index is 13.9. The van der Waals surface area contributed by atoms with E-state index in [9.17, 15) is 27.5 Å². The van der Waals surface area contributed by atoms with Crippen LogP contribution in [0.25, 0.3) is 16.6 Å². The van der Waals surface area contributed by atoms with Gasteiger partial charge in [0.2, 0.25) is 0 Å². The normalized spacial score (nSPS) is 11.6. The molecule has 2 amide bonds. The molecular formula is C21H15BF4N6O2. The van der Waals surface area contributed by atoms with E-state index in [-0.39, 0.29) is 17.1 Å². The molecule has 4 aromatic rings. The average Bonchev–Trinajstić information content (AvgIpc) is 3.08. The number of nitrogens with two attached hydrogens (primary N) is 1. The largest absolute Gasteiger partial charge is 0.416 e. The Hall–Kier alpha value is -4.13. The standard InChI is InChI=1S/C21H15BF4N6O2/c22-18-13(8-33)16(17-19(27)28-9-29-32(17)18)10-1-4-12(5-2-10)30-20(34)31-15-7-11(21(24,25)26)3-6-14(15)23/h1-7,9,33H,8H2,(H2,27,28,29)(H2,30,31,34). The fourth-order valence-electron chi connectivity index (χ4n) is 3.46. The molecule has 5 N–H and O–H groups in total. The Kier molecular flexibility index (Phi) is 5.88. The summed E-state index contributed by atoms with van der Waals surface area (Å²) in [5, 5.41) is 18.3. The third-order valence-electron chi connectivity index (χ3n) is 5.03. The summed E-state index contributed by atoms with van der Waals surface area (Å²) < 4.78 is 53.8. The number of aliphatic hydroxyl groups excluding tert-OH is 1. The van der Waals surface area contributed by atoms with Gasteiger partial charge in [-0.2, -0.15) is 18.3 Å². The van der Waals surface area contributed by atoms with Crippen LogP contribution < -0.4 is 22.0 Å². The lowest BCUT2D eigenvalue weighted by atomic mass is 9.94. The third kappa shape index (κ3) is 4.24. The predicted molar refractivity (Wildman–Crippen MR) is 118 cm³/mol. The Morgan fingerprint density at radius 2 is 1.85 bits per heavy atom. The van der Waals surface area contributed by atoms with E-state index in [0.717, 1.165) is 0 Å². The minimum absolute atomic E-state index is 0.140. The number of aliphatic hydroxyl groups is 1. The number of nitrogens with one attached hydrogen (secondary N) is 2. The van der Waals surface area contributed by atoms with E-state index >= 15 is 0 Å². The Labute approximate surface area is 190 Å². The van der Waals surface area contributed by atoms with Gasteiger partial charge in [0.1, 0.15) is 25.5 Å². The first kappa shape index (κ1) is 23.0. The van der Waals surface area contributed by atoms with Crippen LogP contribution in [-0.2, 0) is 12.8 Å². The molecule has 13 heteroatoms. The van der Waals surface area contributed by atoms with E-state index in [4.69, 9.17) is 13.6 Å². The summed E-state index contributed by atoms with van der Waals surface area (Å²) in [5.74, 6) is -0.880. The molecule has 0 aliphatic heterocycles. The van der Waals surface area contributed by atoms with E-state index in [1.807, 2.05) is 0 Å². The van der Waals surface area contributed by atoms with Crippen LogP contribution in [0.3, 0.4) is 0 Å². The Bertz CT molecular complexity index is 1390. The first-order chi connectivity index (χ1) is 16.1. The topological polar surface area (TPSA) is 118 Å². The number of amides is 2. The number of anilines is 3. The molecule has 0 saturated carbocycles. The van der Waals surface area contributed by atoms with Crippen LogP contribution in [0.4, 0.5) is 39.5 Å². The van der Waals surface area contributed by atoms with Crippen LogP contribution in [0.1, 0.15) is 11.1 Å². The van der Waals surface area contributed by atoms with Crippen LogP contribution in [0.2, 0.25) is 0 Å². The van der Waals surface area contributed by atoms with Crippen molar-refractivity contribution in [2.45, 2.75) is 12.8 Å². The van der Waals surface area contributed by atoms with E-state index < -0.39 is 35.9 Å². The summed E-state index contributed by atoms with van der Waals surface area (Å²) in [4.78, 5) is 16.2. The van der Waals surface area contributed by atoms with Crippen molar-refractivity contribution in [3.63, 3.8) is 0 Å². The molecular weight excluding hydrogens is 455 g/mol.